The first kappa shape index (κ1) is 14.1. The molecule has 1 N–H and O–H groups in total. The van der Waals surface area contributed by atoms with Gasteiger partial charge < -0.3 is 14.3 Å². The molecular weight excluding hydrogens is 282 g/mol. The van der Waals surface area contributed by atoms with Crippen molar-refractivity contribution in [3.05, 3.63) is 59.9 Å². The van der Waals surface area contributed by atoms with E-state index >= 15 is 0 Å². The summed E-state index contributed by atoms with van der Waals surface area (Å²) in [4.78, 5) is 16.3. The van der Waals surface area contributed by atoms with Crippen LogP contribution in [0.4, 0.5) is 0 Å². The Bertz CT molecular complexity index is 778. The van der Waals surface area contributed by atoms with Crippen molar-refractivity contribution in [3.63, 3.8) is 0 Å². The largest absolute Gasteiger partial charge is 0.459 e. The summed E-state index contributed by atoms with van der Waals surface area (Å²) < 4.78 is 10.3. The number of benzene rings is 1. The quantitative estimate of drug-likeness (QED) is 0.800. The van der Waals surface area contributed by atoms with Crippen molar-refractivity contribution in [2.24, 2.45) is 0 Å². The average molecular weight is 297 g/mol. The van der Waals surface area contributed by atoms with Gasteiger partial charge in [0.1, 0.15) is 6.04 Å². The maximum atomic E-state index is 11.9. The third-order valence-electron chi connectivity index (χ3n) is 3.29. The number of hydrogen-bond donors (Lipinski definition) is 1. The number of aryl methyl sites for hydroxylation is 1. The second-order valence-corrected chi connectivity index (χ2v) is 4.94. The van der Waals surface area contributed by atoms with Gasteiger partial charge in [0, 0.05) is 5.56 Å². The van der Waals surface area contributed by atoms with Gasteiger partial charge in [-0.2, -0.15) is 4.98 Å². The van der Waals surface area contributed by atoms with Gasteiger partial charge in [-0.15, -0.1) is 0 Å². The molecule has 1 amide bonds. The second kappa shape index (κ2) is 5.85. The van der Waals surface area contributed by atoms with E-state index in [1.165, 1.54) is 6.26 Å². The minimum atomic E-state index is -0.414. The number of rotatable bonds is 4. The number of hydrogen-bond acceptors (Lipinski definition) is 5. The molecule has 0 unspecified atom stereocenters. The zero-order chi connectivity index (χ0) is 15.5. The van der Waals surface area contributed by atoms with Crippen LogP contribution in [0.1, 0.15) is 35.0 Å². The highest BCUT2D eigenvalue weighted by molar-refractivity contribution is 5.91. The van der Waals surface area contributed by atoms with Crippen LogP contribution in [0, 0.1) is 6.92 Å². The van der Waals surface area contributed by atoms with Crippen LogP contribution >= 0.6 is 0 Å². The Morgan fingerprint density at radius 1 is 1.23 bits per heavy atom. The van der Waals surface area contributed by atoms with Crippen molar-refractivity contribution < 1.29 is 13.7 Å². The molecule has 2 heterocycles. The topological polar surface area (TPSA) is 81.2 Å². The summed E-state index contributed by atoms with van der Waals surface area (Å²) in [6, 6.07) is 10.6. The molecule has 112 valence electrons. The highest BCUT2D eigenvalue weighted by atomic mass is 16.5. The molecule has 0 saturated heterocycles. The third kappa shape index (κ3) is 2.76. The van der Waals surface area contributed by atoms with Crippen molar-refractivity contribution in [2.45, 2.75) is 19.9 Å². The Kier molecular flexibility index (Phi) is 3.74. The van der Waals surface area contributed by atoms with E-state index in [9.17, 15) is 4.79 Å². The maximum absolute atomic E-state index is 11.9. The first-order valence-electron chi connectivity index (χ1n) is 6.89. The van der Waals surface area contributed by atoms with E-state index in [0.29, 0.717) is 11.7 Å². The molecule has 0 aliphatic carbocycles. The zero-order valence-electron chi connectivity index (χ0n) is 12.2. The van der Waals surface area contributed by atoms with Gasteiger partial charge in [-0.1, -0.05) is 29.4 Å². The van der Waals surface area contributed by atoms with Crippen LogP contribution in [-0.4, -0.2) is 16.0 Å². The predicted octanol–water partition coefficient (Wildman–Crippen LogP) is 3.13. The molecule has 6 nitrogen and oxygen atoms in total. The van der Waals surface area contributed by atoms with Crippen LogP contribution in [0.2, 0.25) is 0 Å². The Morgan fingerprint density at radius 2 is 2.05 bits per heavy atom. The van der Waals surface area contributed by atoms with E-state index in [-0.39, 0.29) is 11.7 Å². The van der Waals surface area contributed by atoms with Gasteiger partial charge in [0.25, 0.3) is 5.91 Å². The molecular formula is C16H15N3O3. The molecule has 1 aromatic carbocycles. The Morgan fingerprint density at radius 3 is 2.77 bits per heavy atom. The van der Waals surface area contributed by atoms with E-state index in [2.05, 4.69) is 15.5 Å². The summed E-state index contributed by atoms with van der Waals surface area (Å²) in [6.07, 6.45) is 1.45. The number of nitrogens with zero attached hydrogens (tertiary/aromatic N) is 2. The number of furan rings is 1. The van der Waals surface area contributed by atoms with Gasteiger partial charge in [0.2, 0.25) is 11.7 Å². The molecule has 6 heteroatoms. The van der Waals surface area contributed by atoms with E-state index in [1.54, 1.807) is 19.1 Å². The molecule has 3 rings (SSSR count). The lowest BCUT2D eigenvalue weighted by Crippen LogP contribution is -2.26. The van der Waals surface area contributed by atoms with Crippen LogP contribution in [-0.2, 0) is 0 Å². The smallest absolute Gasteiger partial charge is 0.287 e. The van der Waals surface area contributed by atoms with Crippen molar-refractivity contribution in [1.82, 2.24) is 15.5 Å². The monoisotopic (exact) mass is 297 g/mol. The van der Waals surface area contributed by atoms with E-state index in [0.717, 1.165) is 11.1 Å². The summed E-state index contributed by atoms with van der Waals surface area (Å²) in [7, 11) is 0. The third-order valence-corrected chi connectivity index (χ3v) is 3.29. The molecule has 0 aliphatic heterocycles. The first-order valence-corrected chi connectivity index (χ1v) is 6.89. The summed E-state index contributed by atoms with van der Waals surface area (Å²) in [5, 5.41) is 6.73. The van der Waals surface area contributed by atoms with Crippen molar-refractivity contribution in [2.75, 3.05) is 0 Å². The maximum Gasteiger partial charge on any atom is 0.287 e. The molecule has 2 aromatic heterocycles. The number of carbonyl (C=O) groups is 1. The Balaban J connectivity index is 1.76. The van der Waals surface area contributed by atoms with Gasteiger partial charge in [-0.3, -0.25) is 4.79 Å². The molecule has 0 fully saturated rings. The summed E-state index contributed by atoms with van der Waals surface area (Å²) >= 11 is 0. The fourth-order valence-corrected chi connectivity index (χ4v) is 2.08. The lowest BCUT2D eigenvalue weighted by Gasteiger charge is -2.07. The van der Waals surface area contributed by atoms with Crippen LogP contribution in [0.3, 0.4) is 0 Å². The Labute approximate surface area is 127 Å². The van der Waals surface area contributed by atoms with Gasteiger partial charge in [0.05, 0.1) is 6.26 Å². The number of aromatic nitrogens is 2. The zero-order valence-corrected chi connectivity index (χ0v) is 12.2. The van der Waals surface area contributed by atoms with Crippen LogP contribution in [0.25, 0.3) is 11.4 Å². The normalized spacial score (nSPS) is 12.1. The standard InChI is InChI=1S/C16H15N3O3/c1-10-6-3-4-7-12(10)14-18-16(22-19-14)11(2)17-15(20)13-8-5-9-21-13/h3-9,11H,1-2H3,(H,17,20)/t11-/m1/s1. The van der Waals surface area contributed by atoms with Gasteiger partial charge in [-0.25, -0.2) is 0 Å². The predicted molar refractivity (Wildman–Crippen MR) is 79.1 cm³/mol. The summed E-state index contributed by atoms with van der Waals surface area (Å²) in [5.74, 6) is 0.768. The molecule has 1 atom stereocenters. The first-order chi connectivity index (χ1) is 10.6. The highest BCUT2D eigenvalue weighted by Gasteiger charge is 2.19. The molecule has 0 bridgehead atoms. The summed E-state index contributed by atoms with van der Waals surface area (Å²) in [6.45, 7) is 3.75. The van der Waals surface area contributed by atoms with Gasteiger partial charge in [0.15, 0.2) is 5.76 Å². The number of amides is 1. The Hall–Kier alpha value is -2.89. The van der Waals surface area contributed by atoms with E-state index in [4.69, 9.17) is 8.94 Å². The van der Waals surface area contributed by atoms with Gasteiger partial charge in [-0.05, 0) is 31.5 Å². The molecule has 3 aromatic rings. The fraction of sp³-hybridized carbons (Fsp3) is 0.188. The lowest BCUT2D eigenvalue weighted by molar-refractivity contribution is 0.0904. The molecule has 22 heavy (non-hydrogen) atoms. The highest BCUT2D eigenvalue weighted by Crippen LogP contribution is 2.21. The van der Waals surface area contributed by atoms with E-state index in [1.807, 2.05) is 31.2 Å². The van der Waals surface area contributed by atoms with Crippen molar-refractivity contribution >= 4 is 5.91 Å². The molecule has 0 radical (unpaired) electrons. The molecule has 0 saturated carbocycles. The average Bonchev–Trinajstić information content (AvgIpc) is 3.19. The van der Waals surface area contributed by atoms with Crippen molar-refractivity contribution in [3.8, 4) is 11.4 Å². The fourth-order valence-electron chi connectivity index (χ4n) is 2.08. The minimum Gasteiger partial charge on any atom is -0.459 e. The lowest BCUT2D eigenvalue weighted by atomic mass is 10.1. The van der Waals surface area contributed by atoms with Gasteiger partial charge >= 0.3 is 0 Å². The van der Waals surface area contributed by atoms with Crippen molar-refractivity contribution in [1.29, 1.82) is 0 Å². The van der Waals surface area contributed by atoms with Crippen LogP contribution in [0.15, 0.2) is 51.6 Å². The van der Waals surface area contributed by atoms with Crippen LogP contribution in [0.5, 0.6) is 0 Å². The number of nitrogens with one attached hydrogen (secondary N) is 1. The number of carbonyl (C=O) groups excluding carboxylic acids is 1. The SMILES string of the molecule is Cc1ccccc1-c1noc([C@@H](C)NC(=O)c2ccco2)n1. The van der Waals surface area contributed by atoms with E-state index < -0.39 is 6.04 Å². The molecule has 0 aliphatic rings. The second-order valence-electron chi connectivity index (χ2n) is 4.94. The summed E-state index contributed by atoms with van der Waals surface area (Å²) in [5.41, 5.74) is 1.96. The van der Waals surface area contributed by atoms with Crippen LogP contribution < -0.4 is 5.32 Å². The minimum absolute atomic E-state index is 0.241. The molecule has 0 spiro atoms.